The fraction of sp³-hybridized carbons (Fsp3) is 0.429. The van der Waals surface area contributed by atoms with Crippen molar-refractivity contribution in [3.63, 3.8) is 0 Å². The minimum absolute atomic E-state index is 0.443. The van der Waals surface area contributed by atoms with Crippen molar-refractivity contribution in [1.29, 1.82) is 0 Å². The van der Waals surface area contributed by atoms with E-state index in [2.05, 4.69) is 38.4 Å². The zero-order chi connectivity index (χ0) is 14.4. The molecule has 1 aromatic heterocycles. The Bertz CT molecular complexity index is 539. The second-order valence-electron chi connectivity index (χ2n) is 4.21. The molecule has 0 saturated heterocycles. The summed E-state index contributed by atoms with van der Waals surface area (Å²) in [7, 11) is 0. The van der Waals surface area contributed by atoms with E-state index >= 15 is 0 Å². The van der Waals surface area contributed by atoms with Gasteiger partial charge in [0, 0.05) is 17.7 Å². The van der Waals surface area contributed by atoms with Crippen molar-refractivity contribution in [1.82, 2.24) is 15.0 Å². The van der Waals surface area contributed by atoms with Gasteiger partial charge in [-0.25, -0.2) is 4.68 Å². The van der Waals surface area contributed by atoms with Gasteiger partial charge in [0.15, 0.2) is 0 Å². The highest BCUT2D eigenvalue weighted by atomic mass is 79.9. The van der Waals surface area contributed by atoms with Crippen LogP contribution in [0.5, 0.6) is 0 Å². The molecule has 0 saturated carbocycles. The average Bonchev–Trinajstić information content (AvgIpc) is 2.87. The first-order chi connectivity index (χ1) is 9.72. The van der Waals surface area contributed by atoms with Crippen LogP contribution in [0, 0.1) is 0 Å². The van der Waals surface area contributed by atoms with Crippen molar-refractivity contribution in [3.05, 3.63) is 46.2 Å². The number of ether oxygens (including phenoxy) is 2. The normalized spacial score (nSPS) is 11.2. The van der Waals surface area contributed by atoms with Crippen LogP contribution >= 0.6 is 15.9 Å². The molecule has 0 unspecified atom stereocenters. The van der Waals surface area contributed by atoms with Crippen molar-refractivity contribution in [2.75, 3.05) is 13.2 Å². The summed E-state index contributed by atoms with van der Waals surface area (Å²) in [6, 6.07) is 8.11. The van der Waals surface area contributed by atoms with Gasteiger partial charge in [-0.15, -0.1) is 5.10 Å². The van der Waals surface area contributed by atoms with Crippen LogP contribution in [0.15, 0.2) is 34.9 Å². The molecular weight excluding hydrogens is 322 g/mol. The van der Waals surface area contributed by atoms with Crippen LogP contribution in [-0.2, 0) is 16.0 Å². The van der Waals surface area contributed by atoms with E-state index in [9.17, 15) is 0 Å². The van der Waals surface area contributed by atoms with Crippen molar-refractivity contribution < 1.29 is 9.47 Å². The van der Waals surface area contributed by atoms with Crippen molar-refractivity contribution in [2.45, 2.75) is 26.7 Å². The van der Waals surface area contributed by atoms with Gasteiger partial charge in [-0.2, -0.15) is 0 Å². The molecule has 108 valence electrons. The molecule has 0 amide bonds. The lowest BCUT2D eigenvalue weighted by molar-refractivity contribution is -0.142. The highest BCUT2D eigenvalue weighted by Crippen LogP contribution is 2.17. The Morgan fingerprint density at radius 3 is 2.65 bits per heavy atom. The largest absolute Gasteiger partial charge is 0.347 e. The lowest BCUT2D eigenvalue weighted by atomic mass is 10.2. The number of aromatic nitrogens is 3. The predicted octanol–water partition coefficient (Wildman–Crippen LogP) is 3.16. The fourth-order valence-electron chi connectivity index (χ4n) is 1.84. The van der Waals surface area contributed by atoms with Crippen LogP contribution in [0.2, 0.25) is 0 Å². The number of rotatable bonds is 7. The molecule has 2 rings (SSSR count). The highest BCUT2D eigenvalue weighted by Gasteiger charge is 2.15. The van der Waals surface area contributed by atoms with Gasteiger partial charge in [-0.3, -0.25) is 0 Å². The fourth-order valence-corrected chi connectivity index (χ4v) is 2.29. The Morgan fingerprint density at radius 2 is 2.00 bits per heavy atom. The Kier molecular flexibility index (Phi) is 5.70. The number of benzene rings is 1. The van der Waals surface area contributed by atoms with Gasteiger partial charge in [0.25, 0.3) is 0 Å². The Labute approximate surface area is 127 Å². The third kappa shape index (κ3) is 4.13. The molecule has 5 nitrogen and oxygen atoms in total. The van der Waals surface area contributed by atoms with Crippen molar-refractivity contribution in [3.8, 4) is 0 Å². The SMILES string of the molecule is CCOC(OCC)c1cn(Cc2cccc(Br)c2)nn1. The summed E-state index contributed by atoms with van der Waals surface area (Å²) >= 11 is 3.46. The molecule has 0 aliphatic heterocycles. The van der Waals surface area contributed by atoms with Gasteiger partial charge in [0.2, 0.25) is 6.29 Å². The summed E-state index contributed by atoms with van der Waals surface area (Å²) in [4.78, 5) is 0. The van der Waals surface area contributed by atoms with Crippen LogP contribution < -0.4 is 0 Å². The zero-order valence-electron chi connectivity index (χ0n) is 11.6. The monoisotopic (exact) mass is 339 g/mol. The molecule has 1 heterocycles. The predicted molar refractivity (Wildman–Crippen MR) is 79.3 cm³/mol. The molecule has 6 heteroatoms. The molecule has 2 aromatic rings. The van der Waals surface area contributed by atoms with E-state index in [-0.39, 0.29) is 0 Å². The summed E-state index contributed by atoms with van der Waals surface area (Å²) in [5, 5.41) is 8.24. The van der Waals surface area contributed by atoms with Crippen LogP contribution in [0.3, 0.4) is 0 Å². The van der Waals surface area contributed by atoms with Crippen LogP contribution in [0.1, 0.15) is 31.4 Å². The Balaban J connectivity index is 2.07. The van der Waals surface area contributed by atoms with Gasteiger partial charge in [0.05, 0.1) is 12.7 Å². The lowest BCUT2D eigenvalue weighted by Gasteiger charge is -2.13. The molecule has 0 spiro atoms. The van der Waals surface area contributed by atoms with Crippen LogP contribution in [0.25, 0.3) is 0 Å². The summed E-state index contributed by atoms with van der Waals surface area (Å²) in [6.45, 7) is 5.67. The number of hydrogen-bond donors (Lipinski definition) is 0. The first-order valence-electron chi connectivity index (χ1n) is 6.60. The van der Waals surface area contributed by atoms with E-state index in [1.807, 2.05) is 32.2 Å². The van der Waals surface area contributed by atoms with Crippen LogP contribution in [-0.4, -0.2) is 28.2 Å². The summed E-state index contributed by atoms with van der Waals surface area (Å²) < 4.78 is 13.8. The second-order valence-corrected chi connectivity index (χ2v) is 5.13. The number of halogens is 1. The van der Waals surface area contributed by atoms with E-state index in [0.717, 1.165) is 10.0 Å². The van der Waals surface area contributed by atoms with E-state index in [1.165, 1.54) is 0 Å². The maximum atomic E-state index is 5.51. The first-order valence-corrected chi connectivity index (χ1v) is 7.40. The van der Waals surface area contributed by atoms with E-state index in [1.54, 1.807) is 4.68 Å². The lowest BCUT2D eigenvalue weighted by Crippen LogP contribution is -2.09. The zero-order valence-corrected chi connectivity index (χ0v) is 13.2. The molecule has 1 aromatic carbocycles. The second kappa shape index (κ2) is 7.52. The Hall–Kier alpha value is -1.24. The first kappa shape index (κ1) is 15.2. The van der Waals surface area contributed by atoms with Gasteiger partial charge in [-0.1, -0.05) is 33.3 Å². The van der Waals surface area contributed by atoms with Gasteiger partial charge in [-0.05, 0) is 31.5 Å². The highest BCUT2D eigenvalue weighted by molar-refractivity contribution is 9.10. The molecule has 0 N–H and O–H groups in total. The standard InChI is InChI=1S/C14H18BrN3O2/c1-3-19-14(20-4-2)13-10-18(17-16-13)9-11-6-5-7-12(15)8-11/h5-8,10,14H,3-4,9H2,1-2H3. The van der Waals surface area contributed by atoms with Crippen LogP contribution in [0.4, 0.5) is 0 Å². The smallest absolute Gasteiger partial charge is 0.204 e. The number of nitrogens with zero attached hydrogens (tertiary/aromatic N) is 3. The molecule has 0 aliphatic carbocycles. The minimum Gasteiger partial charge on any atom is -0.347 e. The average molecular weight is 340 g/mol. The molecule has 0 atom stereocenters. The van der Waals surface area contributed by atoms with E-state index in [4.69, 9.17) is 9.47 Å². The van der Waals surface area contributed by atoms with Gasteiger partial charge in [0.1, 0.15) is 5.69 Å². The molecular formula is C14H18BrN3O2. The van der Waals surface area contributed by atoms with Gasteiger partial charge < -0.3 is 9.47 Å². The summed E-state index contributed by atoms with van der Waals surface area (Å²) in [5.74, 6) is 0. The van der Waals surface area contributed by atoms with E-state index < -0.39 is 6.29 Å². The molecule has 20 heavy (non-hydrogen) atoms. The maximum Gasteiger partial charge on any atom is 0.204 e. The quantitative estimate of drug-likeness (QED) is 0.727. The van der Waals surface area contributed by atoms with Gasteiger partial charge >= 0.3 is 0 Å². The Morgan fingerprint density at radius 1 is 1.25 bits per heavy atom. The molecule has 0 bridgehead atoms. The minimum atomic E-state index is -0.443. The molecule has 0 aliphatic rings. The third-order valence-electron chi connectivity index (χ3n) is 2.67. The van der Waals surface area contributed by atoms with Crippen molar-refractivity contribution >= 4 is 15.9 Å². The third-order valence-corrected chi connectivity index (χ3v) is 3.16. The maximum absolute atomic E-state index is 5.51. The van der Waals surface area contributed by atoms with E-state index in [0.29, 0.717) is 25.5 Å². The molecule has 0 fully saturated rings. The number of hydrogen-bond acceptors (Lipinski definition) is 4. The summed E-state index contributed by atoms with van der Waals surface area (Å²) in [6.07, 6.45) is 1.41. The van der Waals surface area contributed by atoms with Crippen molar-refractivity contribution in [2.24, 2.45) is 0 Å². The topological polar surface area (TPSA) is 49.2 Å². The summed E-state index contributed by atoms with van der Waals surface area (Å²) in [5.41, 5.74) is 1.85. The molecule has 0 radical (unpaired) electrons.